The molecule has 1 aliphatic rings. The fourth-order valence-electron chi connectivity index (χ4n) is 3.77. The summed E-state index contributed by atoms with van der Waals surface area (Å²) in [5.74, 6) is -1.65. The van der Waals surface area contributed by atoms with Gasteiger partial charge in [0.1, 0.15) is 0 Å². The number of carbonyl (C=O) groups excluding carboxylic acids is 2. The van der Waals surface area contributed by atoms with Crippen molar-refractivity contribution in [1.29, 1.82) is 0 Å². The van der Waals surface area contributed by atoms with Gasteiger partial charge in [0, 0.05) is 42.3 Å². The van der Waals surface area contributed by atoms with E-state index in [1.54, 1.807) is 26.0 Å². The summed E-state index contributed by atoms with van der Waals surface area (Å²) in [7, 11) is 0. The zero-order valence-electron chi connectivity index (χ0n) is 18.0. The van der Waals surface area contributed by atoms with Gasteiger partial charge in [0.2, 0.25) is 11.8 Å². The van der Waals surface area contributed by atoms with Crippen LogP contribution in [0.4, 0.5) is 24.5 Å². The number of nitrogens with one attached hydrogen (secondary N) is 2. The molecule has 2 amide bonds. The molecule has 2 aromatic heterocycles. The van der Waals surface area contributed by atoms with Crippen molar-refractivity contribution < 1.29 is 22.8 Å². The minimum Gasteiger partial charge on any atom is -0.360 e. The van der Waals surface area contributed by atoms with Gasteiger partial charge in [-0.05, 0) is 50.1 Å². The zero-order chi connectivity index (χ0) is 23.8. The van der Waals surface area contributed by atoms with E-state index in [-0.39, 0.29) is 30.4 Å². The van der Waals surface area contributed by atoms with E-state index in [2.05, 4.69) is 25.7 Å². The predicted octanol–water partition coefficient (Wildman–Crippen LogP) is 2.27. The minimum absolute atomic E-state index is 0.0302. The van der Waals surface area contributed by atoms with Gasteiger partial charge in [-0.3, -0.25) is 9.59 Å². The van der Waals surface area contributed by atoms with Crippen LogP contribution in [0.2, 0.25) is 0 Å². The molecule has 3 aromatic rings. The molecule has 0 unspecified atom stereocenters. The molecule has 174 valence electrons. The van der Waals surface area contributed by atoms with Gasteiger partial charge < -0.3 is 15.5 Å². The number of carbonyl (C=O) groups is 2. The van der Waals surface area contributed by atoms with Gasteiger partial charge in [-0.25, -0.2) is 9.50 Å². The van der Waals surface area contributed by atoms with E-state index in [0.29, 0.717) is 42.3 Å². The number of rotatable bonds is 5. The third-order valence-electron chi connectivity index (χ3n) is 5.46. The topological polar surface area (TPSA) is 105 Å². The van der Waals surface area contributed by atoms with Gasteiger partial charge in [0.05, 0.1) is 6.54 Å². The van der Waals surface area contributed by atoms with Gasteiger partial charge in [-0.15, -0.1) is 5.10 Å². The molecule has 1 saturated heterocycles. The van der Waals surface area contributed by atoms with Crippen molar-refractivity contribution >= 4 is 29.0 Å². The quantitative estimate of drug-likeness (QED) is 0.604. The fraction of sp³-hybridized carbons (Fsp3) is 0.381. The van der Waals surface area contributed by atoms with Crippen molar-refractivity contribution in [1.82, 2.24) is 24.9 Å². The Morgan fingerprint density at radius 1 is 1.18 bits per heavy atom. The molecule has 3 heterocycles. The van der Waals surface area contributed by atoms with Crippen molar-refractivity contribution in [2.24, 2.45) is 0 Å². The van der Waals surface area contributed by atoms with E-state index in [4.69, 9.17) is 0 Å². The number of benzene rings is 1. The predicted molar refractivity (Wildman–Crippen MR) is 114 cm³/mol. The molecule has 4 rings (SSSR count). The lowest BCUT2D eigenvalue weighted by molar-refractivity contribution is -0.144. The van der Waals surface area contributed by atoms with Crippen molar-refractivity contribution in [3.8, 4) is 0 Å². The standard InChI is InChI=1S/C21H22F3N7O2/c1-12-16(13(2)31-20(26-12)28-19(29-31)21(22,23)24)7-8-17(32)27-14-3-5-15(6-4-14)30-10-9-25-18(33)11-30/h3-6H,7-11H2,1-2H3,(H,25,33)(H,27,32). The van der Waals surface area contributed by atoms with Gasteiger partial charge in [0.15, 0.2) is 0 Å². The van der Waals surface area contributed by atoms with E-state index in [9.17, 15) is 22.8 Å². The molecule has 0 aliphatic carbocycles. The van der Waals surface area contributed by atoms with Crippen LogP contribution >= 0.6 is 0 Å². The number of nitrogens with zero attached hydrogens (tertiary/aromatic N) is 5. The van der Waals surface area contributed by atoms with Crippen molar-refractivity contribution in [3.63, 3.8) is 0 Å². The Bertz CT molecular complexity index is 1210. The lowest BCUT2D eigenvalue weighted by Gasteiger charge is -2.28. The molecule has 2 N–H and O–H groups in total. The summed E-state index contributed by atoms with van der Waals surface area (Å²) in [5.41, 5.74) is 3.11. The monoisotopic (exact) mass is 461 g/mol. The summed E-state index contributed by atoms with van der Waals surface area (Å²) in [5, 5.41) is 9.10. The second kappa shape index (κ2) is 8.68. The molecule has 0 radical (unpaired) electrons. The second-order valence-electron chi connectivity index (χ2n) is 7.77. The third kappa shape index (κ3) is 4.89. The number of anilines is 2. The summed E-state index contributed by atoms with van der Waals surface area (Å²) in [6, 6.07) is 7.20. The highest BCUT2D eigenvalue weighted by molar-refractivity contribution is 5.91. The summed E-state index contributed by atoms with van der Waals surface area (Å²) < 4.78 is 39.8. The van der Waals surface area contributed by atoms with Crippen LogP contribution in [0, 0.1) is 13.8 Å². The lowest BCUT2D eigenvalue weighted by atomic mass is 10.1. The maximum atomic E-state index is 12.9. The third-order valence-corrected chi connectivity index (χ3v) is 5.46. The average molecular weight is 461 g/mol. The number of hydrogen-bond acceptors (Lipinski definition) is 6. The Morgan fingerprint density at radius 2 is 1.91 bits per heavy atom. The van der Waals surface area contributed by atoms with E-state index in [1.165, 1.54) is 0 Å². The molecule has 0 spiro atoms. The highest BCUT2D eigenvalue weighted by Gasteiger charge is 2.37. The van der Waals surface area contributed by atoms with Crippen LogP contribution in [-0.4, -0.2) is 51.0 Å². The van der Waals surface area contributed by atoms with Gasteiger partial charge in [0.25, 0.3) is 11.6 Å². The van der Waals surface area contributed by atoms with Crippen molar-refractivity contribution in [2.75, 3.05) is 29.9 Å². The molecular formula is C21H22F3N7O2. The summed E-state index contributed by atoms with van der Waals surface area (Å²) in [4.78, 5) is 33.5. The number of piperazine rings is 1. The first-order valence-corrected chi connectivity index (χ1v) is 10.3. The Kier molecular flexibility index (Phi) is 5.91. The van der Waals surface area contributed by atoms with Crippen LogP contribution < -0.4 is 15.5 Å². The van der Waals surface area contributed by atoms with E-state index in [1.807, 2.05) is 17.0 Å². The number of amides is 2. The second-order valence-corrected chi connectivity index (χ2v) is 7.77. The van der Waals surface area contributed by atoms with Gasteiger partial charge >= 0.3 is 6.18 Å². The average Bonchev–Trinajstić information content (AvgIpc) is 3.19. The number of hydrogen-bond donors (Lipinski definition) is 2. The summed E-state index contributed by atoms with van der Waals surface area (Å²) >= 11 is 0. The number of aromatic nitrogens is 4. The first-order chi connectivity index (χ1) is 15.6. The van der Waals surface area contributed by atoms with Gasteiger partial charge in [-0.2, -0.15) is 18.2 Å². The smallest absolute Gasteiger partial charge is 0.360 e. The first kappa shape index (κ1) is 22.5. The van der Waals surface area contributed by atoms with Crippen molar-refractivity contribution in [3.05, 3.63) is 47.0 Å². The number of alkyl halides is 3. The van der Waals surface area contributed by atoms with E-state index in [0.717, 1.165) is 10.2 Å². The molecule has 0 bridgehead atoms. The Labute approximate surface area is 187 Å². The Balaban J connectivity index is 1.41. The van der Waals surface area contributed by atoms with Crippen LogP contribution in [0.1, 0.15) is 29.2 Å². The molecular weight excluding hydrogens is 439 g/mol. The van der Waals surface area contributed by atoms with Crippen LogP contribution in [0.5, 0.6) is 0 Å². The molecule has 9 nitrogen and oxygen atoms in total. The Morgan fingerprint density at radius 3 is 2.58 bits per heavy atom. The molecule has 1 aromatic carbocycles. The number of fused-ring (bicyclic) bond motifs is 1. The Hall–Kier alpha value is -3.70. The SMILES string of the molecule is Cc1nc2nc(C(F)(F)F)nn2c(C)c1CCC(=O)Nc1ccc(N2CCNC(=O)C2)cc1. The first-order valence-electron chi connectivity index (χ1n) is 10.3. The van der Waals surface area contributed by atoms with E-state index < -0.39 is 12.0 Å². The highest BCUT2D eigenvalue weighted by Crippen LogP contribution is 2.27. The van der Waals surface area contributed by atoms with Crippen molar-refractivity contribution in [2.45, 2.75) is 32.9 Å². The molecule has 0 atom stereocenters. The van der Waals surface area contributed by atoms with Crippen LogP contribution in [0.15, 0.2) is 24.3 Å². The maximum Gasteiger partial charge on any atom is 0.453 e. The number of aryl methyl sites for hydroxylation is 2. The maximum absolute atomic E-state index is 12.9. The molecule has 12 heteroatoms. The molecule has 0 saturated carbocycles. The lowest BCUT2D eigenvalue weighted by Crippen LogP contribution is -2.47. The van der Waals surface area contributed by atoms with Crippen LogP contribution in [0.3, 0.4) is 0 Å². The largest absolute Gasteiger partial charge is 0.453 e. The summed E-state index contributed by atoms with van der Waals surface area (Å²) in [6.45, 7) is 4.89. The summed E-state index contributed by atoms with van der Waals surface area (Å²) in [6.07, 6.45) is -4.26. The normalized spacial score (nSPS) is 14.5. The van der Waals surface area contributed by atoms with Gasteiger partial charge in [-0.1, -0.05) is 0 Å². The number of halogens is 3. The van der Waals surface area contributed by atoms with Crippen LogP contribution in [0.25, 0.3) is 5.78 Å². The fourth-order valence-corrected chi connectivity index (χ4v) is 3.77. The highest BCUT2D eigenvalue weighted by atomic mass is 19.4. The van der Waals surface area contributed by atoms with Crippen LogP contribution in [-0.2, 0) is 22.2 Å². The minimum atomic E-state index is -4.66. The molecule has 1 fully saturated rings. The van der Waals surface area contributed by atoms with E-state index >= 15 is 0 Å². The molecule has 1 aliphatic heterocycles. The molecule has 33 heavy (non-hydrogen) atoms. The zero-order valence-corrected chi connectivity index (χ0v) is 18.0.